The van der Waals surface area contributed by atoms with Gasteiger partial charge in [-0.05, 0) is 37.1 Å². The summed E-state index contributed by atoms with van der Waals surface area (Å²) in [5.74, 6) is 2.22. The third-order valence-corrected chi connectivity index (χ3v) is 6.92. The van der Waals surface area contributed by atoms with Crippen LogP contribution in [0.25, 0.3) is 0 Å². The molecule has 2 amide bonds. The molecule has 5 nitrogen and oxygen atoms in total. The fourth-order valence-corrected chi connectivity index (χ4v) is 5.52. The van der Waals surface area contributed by atoms with Crippen molar-refractivity contribution in [3.63, 3.8) is 0 Å². The predicted octanol–water partition coefficient (Wildman–Crippen LogP) is 3.24. The number of likely N-dealkylation sites (tertiary alicyclic amines) is 1. The molecule has 132 valence electrons. The number of thiophene rings is 1. The summed E-state index contributed by atoms with van der Waals surface area (Å²) in [6.45, 7) is 2.43. The van der Waals surface area contributed by atoms with Gasteiger partial charge in [0.2, 0.25) is 0 Å². The SMILES string of the molecule is O=C(c1ccc([C@H]2CCCN2C(=O)c2ccc[nH]2)s1)N1CCSCC1. The zero-order valence-corrected chi connectivity index (χ0v) is 15.6. The number of H-pyrrole nitrogens is 1. The summed E-state index contributed by atoms with van der Waals surface area (Å²) in [5, 5.41) is 0. The van der Waals surface area contributed by atoms with Crippen LogP contribution in [-0.2, 0) is 0 Å². The molecule has 2 aromatic rings. The number of nitrogens with zero attached hydrogens (tertiary/aromatic N) is 2. The van der Waals surface area contributed by atoms with Crippen molar-refractivity contribution in [2.45, 2.75) is 18.9 Å². The number of thioether (sulfide) groups is 1. The van der Waals surface area contributed by atoms with Crippen molar-refractivity contribution in [3.8, 4) is 0 Å². The lowest BCUT2D eigenvalue weighted by Gasteiger charge is -2.26. The first-order chi connectivity index (χ1) is 12.2. The Balaban J connectivity index is 1.50. The van der Waals surface area contributed by atoms with E-state index >= 15 is 0 Å². The normalized spacial score (nSPS) is 20.9. The van der Waals surface area contributed by atoms with Crippen molar-refractivity contribution in [2.24, 2.45) is 0 Å². The number of rotatable bonds is 3. The molecule has 0 unspecified atom stereocenters. The van der Waals surface area contributed by atoms with E-state index in [2.05, 4.69) is 4.98 Å². The van der Waals surface area contributed by atoms with Crippen LogP contribution in [0.15, 0.2) is 30.5 Å². The molecule has 0 aliphatic carbocycles. The summed E-state index contributed by atoms with van der Waals surface area (Å²) in [7, 11) is 0. The fraction of sp³-hybridized carbons (Fsp3) is 0.444. The van der Waals surface area contributed by atoms with Gasteiger partial charge in [0.25, 0.3) is 11.8 Å². The van der Waals surface area contributed by atoms with Gasteiger partial charge in [0.05, 0.1) is 10.9 Å². The highest BCUT2D eigenvalue weighted by molar-refractivity contribution is 7.99. The van der Waals surface area contributed by atoms with Crippen LogP contribution in [0.2, 0.25) is 0 Å². The molecule has 2 fully saturated rings. The van der Waals surface area contributed by atoms with Gasteiger partial charge in [0.15, 0.2) is 0 Å². The number of amides is 2. The predicted molar refractivity (Wildman–Crippen MR) is 101 cm³/mol. The largest absolute Gasteiger partial charge is 0.357 e. The van der Waals surface area contributed by atoms with E-state index in [1.54, 1.807) is 17.5 Å². The van der Waals surface area contributed by atoms with Gasteiger partial charge in [-0.15, -0.1) is 11.3 Å². The number of nitrogens with one attached hydrogen (secondary N) is 1. The Bertz CT molecular complexity index is 750. The summed E-state index contributed by atoms with van der Waals surface area (Å²) >= 11 is 3.45. The number of hydrogen-bond donors (Lipinski definition) is 1. The fourth-order valence-electron chi connectivity index (χ4n) is 3.49. The van der Waals surface area contributed by atoms with Gasteiger partial charge in [-0.2, -0.15) is 11.8 Å². The first kappa shape index (κ1) is 16.7. The lowest BCUT2D eigenvalue weighted by molar-refractivity contribution is 0.0731. The zero-order valence-electron chi connectivity index (χ0n) is 13.9. The number of hydrogen-bond acceptors (Lipinski definition) is 4. The van der Waals surface area contributed by atoms with Crippen molar-refractivity contribution in [3.05, 3.63) is 45.9 Å². The molecular formula is C18H21N3O2S2. The van der Waals surface area contributed by atoms with Gasteiger partial charge >= 0.3 is 0 Å². The minimum Gasteiger partial charge on any atom is -0.357 e. The van der Waals surface area contributed by atoms with Crippen LogP contribution in [0.4, 0.5) is 0 Å². The Labute approximate surface area is 155 Å². The van der Waals surface area contributed by atoms with Crippen LogP contribution >= 0.6 is 23.1 Å². The molecule has 4 rings (SSSR count). The Morgan fingerprint density at radius 2 is 1.92 bits per heavy atom. The first-order valence-electron chi connectivity index (χ1n) is 8.65. The molecule has 4 heterocycles. The van der Waals surface area contributed by atoms with Gasteiger partial charge in [-0.25, -0.2) is 0 Å². The minimum atomic E-state index is 0.0434. The van der Waals surface area contributed by atoms with E-state index in [-0.39, 0.29) is 17.9 Å². The second-order valence-corrected chi connectivity index (χ2v) is 8.69. The smallest absolute Gasteiger partial charge is 0.270 e. The average Bonchev–Trinajstić information content (AvgIpc) is 3.42. The summed E-state index contributed by atoms with van der Waals surface area (Å²) in [6.07, 6.45) is 3.74. The molecule has 0 bridgehead atoms. The van der Waals surface area contributed by atoms with E-state index < -0.39 is 0 Å². The highest BCUT2D eigenvalue weighted by Gasteiger charge is 2.32. The Morgan fingerprint density at radius 3 is 2.68 bits per heavy atom. The second-order valence-electron chi connectivity index (χ2n) is 6.35. The number of carbonyl (C=O) groups is 2. The molecule has 7 heteroatoms. The third kappa shape index (κ3) is 3.35. The lowest BCUT2D eigenvalue weighted by atomic mass is 10.2. The monoisotopic (exact) mass is 375 g/mol. The molecule has 25 heavy (non-hydrogen) atoms. The van der Waals surface area contributed by atoms with E-state index in [1.165, 1.54) is 0 Å². The second kappa shape index (κ2) is 7.25. The van der Waals surface area contributed by atoms with Gasteiger partial charge in [-0.1, -0.05) is 0 Å². The summed E-state index contributed by atoms with van der Waals surface area (Å²) in [4.78, 5) is 34.2. The maximum absolute atomic E-state index is 12.7. The van der Waals surface area contributed by atoms with E-state index in [0.717, 1.165) is 53.7 Å². The molecule has 2 aromatic heterocycles. The Hall–Kier alpha value is -1.73. The molecular weight excluding hydrogens is 354 g/mol. The molecule has 2 aliphatic rings. The zero-order chi connectivity index (χ0) is 17.2. The van der Waals surface area contributed by atoms with E-state index in [4.69, 9.17) is 0 Å². The van der Waals surface area contributed by atoms with E-state index in [0.29, 0.717) is 5.69 Å². The van der Waals surface area contributed by atoms with Crippen molar-refractivity contribution >= 4 is 34.9 Å². The van der Waals surface area contributed by atoms with Gasteiger partial charge < -0.3 is 14.8 Å². The number of aromatic amines is 1. The molecule has 1 N–H and O–H groups in total. The van der Waals surface area contributed by atoms with Crippen molar-refractivity contribution < 1.29 is 9.59 Å². The molecule has 1 atom stereocenters. The minimum absolute atomic E-state index is 0.0434. The quantitative estimate of drug-likeness (QED) is 0.896. The summed E-state index contributed by atoms with van der Waals surface area (Å²) < 4.78 is 0. The molecule has 0 spiro atoms. The molecule has 0 radical (unpaired) electrons. The first-order valence-corrected chi connectivity index (χ1v) is 10.6. The maximum atomic E-state index is 12.7. The van der Waals surface area contributed by atoms with Crippen LogP contribution in [0.5, 0.6) is 0 Å². The Kier molecular flexibility index (Phi) is 4.85. The van der Waals surface area contributed by atoms with Crippen molar-refractivity contribution in [1.29, 1.82) is 0 Å². The third-order valence-electron chi connectivity index (χ3n) is 4.81. The van der Waals surface area contributed by atoms with Gasteiger partial charge in [0, 0.05) is 42.2 Å². The van der Waals surface area contributed by atoms with Crippen LogP contribution < -0.4 is 0 Å². The van der Waals surface area contributed by atoms with Gasteiger partial charge in [-0.3, -0.25) is 9.59 Å². The number of aromatic nitrogens is 1. The molecule has 0 aromatic carbocycles. The molecule has 0 saturated carbocycles. The highest BCUT2D eigenvalue weighted by Crippen LogP contribution is 2.37. The highest BCUT2D eigenvalue weighted by atomic mass is 32.2. The topological polar surface area (TPSA) is 56.4 Å². The average molecular weight is 376 g/mol. The van der Waals surface area contributed by atoms with E-state index in [1.807, 2.05) is 45.8 Å². The summed E-state index contributed by atoms with van der Waals surface area (Å²) in [6, 6.07) is 7.70. The van der Waals surface area contributed by atoms with Crippen molar-refractivity contribution in [1.82, 2.24) is 14.8 Å². The van der Waals surface area contributed by atoms with Crippen LogP contribution in [0.1, 0.15) is 43.9 Å². The maximum Gasteiger partial charge on any atom is 0.270 e. The molecule has 2 aliphatic heterocycles. The molecule has 2 saturated heterocycles. The van der Waals surface area contributed by atoms with Gasteiger partial charge in [0.1, 0.15) is 5.69 Å². The summed E-state index contributed by atoms with van der Waals surface area (Å²) in [5.41, 5.74) is 0.630. The van der Waals surface area contributed by atoms with Crippen LogP contribution in [0, 0.1) is 0 Å². The van der Waals surface area contributed by atoms with E-state index in [9.17, 15) is 9.59 Å². The lowest BCUT2D eigenvalue weighted by Crippen LogP contribution is -2.37. The number of carbonyl (C=O) groups excluding carboxylic acids is 2. The van der Waals surface area contributed by atoms with Crippen LogP contribution in [-0.4, -0.2) is 57.7 Å². The van der Waals surface area contributed by atoms with Crippen molar-refractivity contribution in [2.75, 3.05) is 31.1 Å². The van der Waals surface area contributed by atoms with Crippen LogP contribution in [0.3, 0.4) is 0 Å². The Morgan fingerprint density at radius 1 is 1.08 bits per heavy atom. The standard InChI is InChI=1S/C18H21N3O2S2/c22-17(13-3-1-7-19-13)21-8-2-4-14(21)15-5-6-16(25-15)18(23)20-9-11-24-12-10-20/h1,3,5-7,14,19H,2,4,8-12H2/t14-/m1/s1.